The fraction of sp³-hybridized carbons (Fsp3) is 0.667. The van der Waals surface area contributed by atoms with Gasteiger partial charge >= 0.3 is 17.9 Å². The summed E-state index contributed by atoms with van der Waals surface area (Å²) < 4.78 is 35.5. The van der Waals surface area contributed by atoms with E-state index in [2.05, 4.69) is 0 Å². The van der Waals surface area contributed by atoms with Crippen LogP contribution >= 0.6 is 0 Å². The van der Waals surface area contributed by atoms with Crippen molar-refractivity contribution in [2.75, 3.05) is 26.9 Å². The van der Waals surface area contributed by atoms with E-state index in [-0.39, 0.29) is 25.2 Å². The number of rotatable bonds is 3. The Hall–Kier alpha value is -2.83. The quantitative estimate of drug-likeness (QED) is 0.158. The van der Waals surface area contributed by atoms with Gasteiger partial charge in [-0.2, -0.15) is 0 Å². The van der Waals surface area contributed by atoms with E-state index in [4.69, 9.17) is 28.4 Å². The van der Waals surface area contributed by atoms with Crippen molar-refractivity contribution in [3.8, 4) is 0 Å². The van der Waals surface area contributed by atoms with E-state index in [1.807, 2.05) is 19.9 Å². The Bertz CT molecular complexity index is 1250. The van der Waals surface area contributed by atoms with Crippen LogP contribution in [0.3, 0.4) is 0 Å². The lowest BCUT2D eigenvalue weighted by Crippen LogP contribution is -2.67. The van der Waals surface area contributed by atoms with Crippen molar-refractivity contribution >= 4 is 17.9 Å². The average molecular weight is 617 g/mol. The number of esters is 3. The maximum Gasteiger partial charge on any atom is 0.335 e. The van der Waals surface area contributed by atoms with Crippen LogP contribution in [0.15, 0.2) is 48.1 Å². The van der Waals surface area contributed by atoms with Crippen LogP contribution in [-0.2, 0) is 42.8 Å². The first-order valence-corrected chi connectivity index (χ1v) is 15.3. The molecule has 44 heavy (non-hydrogen) atoms. The lowest BCUT2D eigenvalue weighted by atomic mass is 9.50. The molecule has 0 aromatic rings. The standard InChI is InChI=1S/C33H44O11/c1-19-12-13-40-23(21(3)34)8-6-7-9-28(36)44-24-15-26-33(18-42-33)31(24,4)32(17-41-30(38)29(19)37)16-22(10-11-27(35)39-5)20(2)14-25(32)43-26/h6-11,14,19,21-26,29,34,37H,12-13,15-18H2,1-5H3/b8-6-,9-7-,11-10+/t19-,21+,22+,23?,24-,25-,26-,29+,31-,32-,33+/m1/s1. The Morgan fingerprint density at radius 1 is 1.20 bits per heavy atom. The van der Waals surface area contributed by atoms with Gasteiger partial charge in [0.1, 0.15) is 24.4 Å². The summed E-state index contributed by atoms with van der Waals surface area (Å²) >= 11 is 0. The molecule has 1 unspecified atom stereocenters. The zero-order chi connectivity index (χ0) is 31.9. The number of cyclic esters (lactones) is 1. The van der Waals surface area contributed by atoms with Gasteiger partial charge in [0.2, 0.25) is 0 Å². The summed E-state index contributed by atoms with van der Waals surface area (Å²) in [5.41, 5.74) is -1.56. The van der Waals surface area contributed by atoms with Crippen molar-refractivity contribution in [1.29, 1.82) is 0 Å². The maximum atomic E-state index is 13.3. The minimum atomic E-state index is -1.42. The molecule has 11 nitrogen and oxygen atoms in total. The Balaban J connectivity index is 1.55. The Morgan fingerprint density at radius 3 is 2.64 bits per heavy atom. The van der Waals surface area contributed by atoms with E-state index in [0.717, 1.165) is 5.57 Å². The van der Waals surface area contributed by atoms with Crippen molar-refractivity contribution in [2.45, 2.75) is 89.2 Å². The van der Waals surface area contributed by atoms with Crippen molar-refractivity contribution < 1.29 is 53.0 Å². The van der Waals surface area contributed by atoms with Crippen LogP contribution in [0.1, 0.15) is 47.0 Å². The van der Waals surface area contributed by atoms with Gasteiger partial charge in [0, 0.05) is 30.6 Å². The van der Waals surface area contributed by atoms with Crippen LogP contribution in [0, 0.1) is 22.7 Å². The molecule has 2 saturated heterocycles. The number of carbonyl (C=O) groups excluding carboxylic acids is 3. The molecular weight excluding hydrogens is 572 g/mol. The number of carbonyl (C=O) groups is 3. The number of ether oxygens (including phenoxy) is 6. The molecule has 2 aliphatic carbocycles. The van der Waals surface area contributed by atoms with Crippen molar-refractivity contribution in [3.63, 3.8) is 0 Å². The minimum Gasteiger partial charge on any atom is -0.466 e. The Labute approximate surface area is 257 Å². The lowest BCUT2D eigenvalue weighted by molar-refractivity contribution is -0.237. The lowest BCUT2D eigenvalue weighted by Gasteiger charge is -2.59. The summed E-state index contributed by atoms with van der Waals surface area (Å²) in [7, 11) is 1.31. The molecule has 3 aliphatic heterocycles. The fourth-order valence-corrected chi connectivity index (χ4v) is 7.59. The molecule has 5 aliphatic rings. The monoisotopic (exact) mass is 616 g/mol. The summed E-state index contributed by atoms with van der Waals surface area (Å²) in [4.78, 5) is 38.5. The second kappa shape index (κ2) is 12.5. The number of hydrogen-bond donors (Lipinski definition) is 2. The van der Waals surface area contributed by atoms with Crippen molar-refractivity contribution in [3.05, 3.63) is 48.1 Å². The smallest absolute Gasteiger partial charge is 0.335 e. The van der Waals surface area contributed by atoms with E-state index in [9.17, 15) is 24.6 Å². The molecule has 11 atom stereocenters. The number of hydrogen-bond acceptors (Lipinski definition) is 11. The SMILES string of the molecule is COC(=O)/C=C/[C@H]1C[C@@]23COC(=O)[C@@H](O)[C@H](C)CCOC([C@H](C)O)/C=C\C=C/C(=O)O[C@@H]4C[C@@H](O[C@@H]2C=C1C)[C@@]1(CO1)[C@]43C. The van der Waals surface area contributed by atoms with Gasteiger partial charge in [-0.1, -0.05) is 49.8 Å². The fourth-order valence-electron chi connectivity index (χ4n) is 7.59. The molecule has 3 heterocycles. The van der Waals surface area contributed by atoms with Gasteiger partial charge in [-0.3, -0.25) is 0 Å². The van der Waals surface area contributed by atoms with Crippen LogP contribution in [0.2, 0.25) is 0 Å². The molecule has 11 heteroatoms. The third-order valence-electron chi connectivity index (χ3n) is 10.6. The highest BCUT2D eigenvalue weighted by atomic mass is 16.6. The summed E-state index contributed by atoms with van der Waals surface area (Å²) in [6.07, 6.45) is 8.02. The van der Waals surface area contributed by atoms with Gasteiger partial charge in [-0.15, -0.1) is 0 Å². The number of allylic oxidation sites excluding steroid dienone is 4. The molecule has 2 spiro atoms. The van der Waals surface area contributed by atoms with Gasteiger partial charge in [0.15, 0.2) is 6.10 Å². The Kier molecular flexibility index (Phi) is 9.26. The summed E-state index contributed by atoms with van der Waals surface area (Å²) in [6.45, 7) is 7.75. The van der Waals surface area contributed by atoms with E-state index < -0.39 is 70.8 Å². The Morgan fingerprint density at radius 2 is 1.95 bits per heavy atom. The van der Waals surface area contributed by atoms with Gasteiger partial charge in [-0.05, 0) is 38.5 Å². The first-order chi connectivity index (χ1) is 20.9. The summed E-state index contributed by atoms with van der Waals surface area (Å²) in [6, 6.07) is 0. The van der Waals surface area contributed by atoms with Crippen LogP contribution in [0.5, 0.6) is 0 Å². The number of epoxide rings is 1. The second-order valence-electron chi connectivity index (χ2n) is 13.0. The van der Waals surface area contributed by atoms with Crippen molar-refractivity contribution in [2.24, 2.45) is 22.7 Å². The highest BCUT2D eigenvalue weighted by Gasteiger charge is 2.83. The normalized spacial score (nSPS) is 44.8. The van der Waals surface area contributed by atoms with Crippen molar-refractivity contribution in [1.82, 2.24) is 0 Å². The number of aliphatic hydroxyl groups excluding tert-OH is 2. The first-order valence-electron chi connectivity index (χ1n) is 15.3. The van der Waals surface area contributed by atoms with Crippen LogP contribution in [0.4, 0.5) is 0 Å². The molecule has 0 aromatic heterocycles. The summed E-state index contributed by atoms with van der Waals surface area (Å²) in [5.74, 6) is -2.55. The maximum absolute atomic E-state index is 13.3. The molecule has 0 aromatic carbocycles. The largest absolute Gasteiger partial charge is 0.466 e. The van der Waals surface area contributed by atoms with E-state index in [1.165, 1.54) is 19.3 Å². The molecule has 5 rings (SSSR count). The van der Waals surface area contributed by atoms with Gasteiger partial charge in [0.25, 0.3) is 0 Å². The number of aliphatic hydroxyl groups is 2. The minimum absolute atomic E-state index is 0.131. The molecular formula is C33H44O11. The topological polar surface area (TPSA) is 150 Å². The van der Waals surface area contributed by atoms with Crippen LogP contribution in [-0.4, -0.2) is 97.3 Å². The van der Waals surface area contributed by atoms with E-state index in [0.29, 0.717) is 25.9 Å². The summed E-state index contributed by atoms with van der Waals surface area (Å²) in [5, 5.41) is 21.1. The second-order valence-corrected chi connectivity index (χ2v) is 13.0. The third-order valence-corrected chi connectivity index (χ3v) is 10.6. The third kappa shape index (κ3) is 5.58. The predicted octanol–water partition coefficient (Wildman–Crippen LogP) is 2.35. The molecule has 3 fully saturated rings. The van der Waals surface area contributed by atoms with E-state index in [1.54, 1.807) is 38.2 Å². The zero-order valence-electron chi connectivity index (χ0n) is 26.0. The number of methoxy groups -OCH3 is 1. The molecule has 0 radical (unpaired) electrons. The predicted molar refractivity (Wildman–Crippen MR) is 156 cm³/mol. The first kappa shape index (κ1) is 32.6. The van der Waals surface area contributed by atoms with Crippen LogP contribution in [0.25, 0.3) is 0 Å². The van der Waals surface area contributed by atoms with Crippen LogP contribution < -0.4 is 0 Å². The van der Waals surface area contributed by atoms with Gasteiger partial charge < -0.3 is 38.6 Å². The molecule has 242 valence electrons. The molecule has 2 N–H and O–H groups in total. The molecule has 1 saturated carbocycles. The zero-order valence-corrected chi connectivity index (χ0v) is 26.0. The highest BCUT2D eigenvalue weighted by Crippen LogP contribution is 2.72. The average Bonchev–Trinajstić information content (AvgIpc) is 3.77. The highest BCUT2D eigenvalue weighted by molar-refractivity contribution is 5.82. The molecule has 2 bridgehead atoms. The van der Waals surface area contributed by atoms with E-state index >= 15 is 0 Å². The van der Waals surface area contributed by atoms with Gasteiger partial charge in [0.05, 0.1) is 37.4 Å². The van der Waals surface area contributed by atoms with Gasteiger partial charge in [-0.25, -0.2) is 14.4 Å². The molecule has 0 amide bonds.